The number of aliphatic carboxylic acids is 1. The van der Waals surface area contributed by atoms with Gasteiger partial charge in [-0.2, -0.15) is 0 Å². The van der Waals surface area contributed by atoms with Gasteiger partial charge in [0.15, 0.2) is 23.0 Å². The topological polar surface area (TPSA) is 222 Å². The number of hydrazine groups is 3. The number of imidazole rings is 1. The number of fused-ring (bicyclic) bond motifs is 2. The molecule has 12 aliphatic heterocycles. The van der Waals surface area contributed by atoms with Crippen LogP contribution in [0.4, 0.5) is 17.2 Å². The molecule has 19 rings (SSSR count). The lowest BCUT2D eigenvalue weighted by Crippen LogP contribution is -2.64. The summed E-state index contributed by atoms with van der Waals surface area (Å²) < 4.78 is 2.00. The van der Waals surface area contributed by atoms with Gasteiger partial charge in [0.05, 0.1) is 29.6 Å². The average molecular weight is 948 g/mol. The summed E-state index contributed by atoms with van der Waals surface area (Å²) in [5.74, 6) is -3.55. The van der Waals surface area contributed by atoms with Crippen LogP contribution in [0, 0.1) is 5.41 Å². The van der Waals surface area contributed by atoms with E-state index in [0.717, 1.165) is 68.0 Å². The van der Waals surface area contributed by atoms with E-state index in [9.17, 15) is 33.9 Å². The molecule has 5 amide bonds. The van der Waals surface area contributed by atoms with Gasteiger partial charge in [0.1, 0.15) is 12.4 Å². The summed E-state index contributed by atoms with van der Waals surface area (Å²) in [6.45, 7) is 4.86. The van der Waals surface area contributed by atoms with E-state index in [1.54, 1.807) is 22.6 Å². The molecule has 360 valence electrons. The Balaban J connectivity index is 0.903. The normalized spacial score (nSPS) is 27.8. The maximum atomic E-state index is 14.2. The number of hydrogen-bond donors (Lipinski definition) is 4. The first kappa shape index (κ1) is 44.0. The number of carbonyl (C=O) groups is 6. The van der Waals surface area contributed by atoms with Crippen LogP contribution in [0.2, 0.25) is 0 Å². The number of nitrogens with zero attached hydrogens (tertiary/aromatic N) is 10. The first-order valence-electron chi connectivity index (χ1n) is 24.3. The molecule has 5 aromatic rings. The number of carboxylic acids is 1. The Morgan fingerprint density at radius 3 is 2.27 bits per heavy atom. The van der Waals surface area contributed by atoms with Gasteiger partial charge < -0.3 is 19.9 Å². The van der Waals surface area contributed by atoms with Gasteiger partial charge in [-0.3, -0.25) is 49.3 Å². The number of hydrogen-bond acceptors (Lipinski definition) is 15. The summed E-state index contributed by atoms with van der Waals surface area (Å²) in [7, 11) is 0. The summed E-state index contributed by atoms with van der Waals surface area (Å²) in [4.78, 5) is 100. The molecule has 70 heavy (non-hydrogen) atoms. The highest BCUT2D eigenvalue weighted by Gasteiger charge is 2.51. The lowest BCUT2D eigenvalue weighted by Gasteiger charge is -2.58. The van der Waals surface area contributed by atoms with Crippen LogP contribution in [0.15, 0.2) is 85.5 Å². The van der Waals surface area contributed by atoms with Gasteiger partial charge >= 0.3 is 5.97 Å². The SMILES string of the molecule is O=C1CC[C@H](N2C(=O)c3ccc([C@@H](C(=O)O)N4N5CCC6(CC5)CC(C6)N5CCN(CC5)c5ccc(cc5)N4Nc4ncnc5c4ncn5C4CC(NC(=O)Cc5ccccc5)C4)cc3C2=O)C(=O)N1. The molecular formula is C50H53N13O7. The lowest BCUT2D eigenvalue weighted by atomic mass is 9.60. The second-order valence-corrected chi connectivity index (χ2v) is 19.9. The molecule has 0 radical (unpaired) electrons. The number of carboxylic acid groups (broad SMARTS) is 1. The molecule has 3 saturated heterocycles. The molecule has 20 nitrogen and oxygen atoms in total. The minimum Gasteiger partial charge on any atom is -0.480 e. The second-order valence-electron chi connectivity index (χ2n) is 19.9. The van der Waals surface area contributed by atoms with Crippen LogP contribution in [0.3, 0.4) is 0 Å². The number of imide groups is 2. The zero-order chi connectivity index (χ0) is 47.8. The van der Waals surface area contributed by atoms with Crippen molar-refractivity contribution in [1.82, 2.24) is 50.1 Å². The van der Waals surface area contributed by atoms with Crippen LogP contribution in [0.25, 0.3) is 11.2 Å². The third kappa shape index (κ3) is 7.70. The largest absolute Gasteiger partial charge is 0.480 e. The van der Waals surface area contributed by atoms with Crippen molar-refractivity contribution in [2.45, 2.75) is 88.0 Å². The minimum atomic E-state index is -1.46. The second kappa shape index (κ2) is 17.3. The Labute approximate surface area is 402 Å². The molecule has 5 fully saturated rings. The van der Waals surface area contributed by atoms with E-state index in [4.69, 9.17) is 9.97 Å². The van der Waals surface area contributed by atoms with Gasteiger partial charge in [-0.05, 0) is 97.9 Å². The zero-order valence-electron chi connectivity index (χ0n) is 38.4. The first-order chi connectivity index (χ1) is 34.0. The monoisotopic (exact) mass is 947 g/mol. The fourth-order valence-corrected chi connectivity index (χ4v) is 11.9. The Morgan fingerprint density at radius 2 is 1.54 bits per heavy atom. The molecule has 4 N–H and O–H groups in total. The van der Waals surface area contributed by atoms with Crippen molar-refractivity contribution in [2.24, 2.45) is 5.41 Å². The van der Waals surface area contributed by atoms with Gasteiger partial charge in [0.2, 0.25) is 17.7 Å². The van der Waals surface area contributed by atoms with E-state index in [1.807, 2.05) is 64.2 Å². The number of piperidine rings is 2. The Bertz CT molecular complexity index is 2920. The molecule has 1 spiro atoms. The van der Waals surface area contributed by atoms with Crippen LogP contribution < -0.4 is 26.1 Å². The standard InChI is InChI=1S/C50H53N13O7/c64-40-13-12-39(46(66)55-40)61-47(67)37-11-6-31(23-38(37)48(61)68)43(49(69)70)63-59-16-14-50(15-17-59)26-36(27-50)58-20-18-57(19-21-58)33-7-9-34(10-8-33)62(63)56-44-42-45(52-28-51-44)60(29-53-42)35-24-32(25-35)54-41(65)22-30-4-2-1-3-5-30/h1-11,23,28-29,32,35-36,39,43H,12-22,24-27H2,(H,54,65)(H,69,70)(H,51,52,56)(H,55,64,66)/t32?,35?,39-,43-/m0/s1. The van der Waals surface area contributed by atoms with Gasteiger partial charge in [-0.25, -0.2) is 25.1 Å². The predicted octanol–water partition coefficient (Wildman–Crippen LogP) is 3.46. The van der Waals surface area contributed by atoms with Crippen molar-refractivity contribution in [1.29, 1.82) is 0 Å². The number of carbonyl (C=O) groups excluding carboxylic acids is 5. The van der Waals surface area contributed by atoms with Crippen molar-refractivity contribution in [3.05, 3.63) is 108 Å². The summed E-state index contributed by atoms with van der Waals surface area (Å²) in [5.41, 5.74) is 7.53. The molecule has 0 unspecified atom stereocenters. The molecule has 14 heterocycles. The number of benzene rings is 3. The first-order valence-corrected chi connectivity index (χ1v) is 24.3. The Kier molecular flexibility index (Phi) is 10.9. The van der Waals surface area contributed by atoms with Gasteiger partial charge in [0.25, 0.3) is 11.8 Å². The molecule has 14 aliphatic rings. The average Bonchev–Trinajstić information content (AvgIpc) is 3.88. The highest BCUT2D eigenvalue weighted by molar-refractivity contribution is 6.23. The number of aromatic nitrogens is 4. The number of amides is 5. The van der Waals surface area contributed by atoms with Crippen molar-refractivity contribution in [3.8, 4) is 0 Å². The van der Waals surface area contributed by atoms with E-state index in [0.29, 0.717) is 61.1 Å². The maximum absolute atomic E-state index is 14.2. The van der Waals surface area contributed by atoms with Crippen molar-refractivity contribution in [3.63, 3.8) is 0 Å². The predicted molar refractivity (Wildman–Crippen MR) is 254 cm³/mol. The van der Waals surface area contributed by atoms with E-state index < -0.39 is 41.7 Å². The van der Waals surface area contributed by atoms with Crippen LogP contribution >= 0.6 is 0 Å². The molecule has 2 aromatic heterocycles. The summed E-state index contributed by atoms with van der Waals surface area (Å²) >= 11 is 0. The summed E-state index contributed by atoms with van der Waals surface area (Å²) in [6, 6.07) is 20.0. The lowest BCUT2D eigenvalue weighted by molar-refractivity contribution is -0.164. The minimum absolute atomic E-state index is 0.00130. The van der Waals surface area contributed by atoms with Gasteiger partial charge in [0, 0.05) is 69.5 Å². The summed E-state index contributed by atoms with van der Waals surface area (Å²) in [6.07, 6.45) is 8.70. The van der Waals surface area contributed by atoms with Crippen molar-refractivity contribution < 1.29 is 33.9 Å². The highest BCUT2D eigenvalue weighted by atomic mass is 16.4. The fourth-order valence-electron chi connectivity index (χ4n) is 11.9. The highest BCUT2D eigenvalue weighted by Crippen LogP contribution is 2.52. The zero-order valence-corrected chi connectivity index (χ0v) is 38.4. The van der Waals surface area contributed by atoms with Crippen molar-refractivity contribution in [2.75, 3.05) is 54.7 Å². The number of anilines is 3. The molecule has 3 aromatic carbocycles. The Morgan fingerprint density at radius 1 is 0.814 bits per heavy atom. The van der Waals surface area contributed by atoms with Gasteiger partial charge in [-0.1, -0.05) is 36.4 Å². The maximum Gasteiger partial charge on any atom is 0.329 e. The van der Waals surface area contributed by atoms with E-state index >= 15 is 0 Å². The van der Waals surface area contributed by atoms with Crippen LogP contribution in [0.1, 0.15) is 95.3 Å². The third-order valence-electron chi connectivity index (χ3n) is 15.8. The molecule has 7 bridgehead atoms. The van der Waals surface area contributed by atoms with E-state index in [1.165, 1.54) is 18.5 Å². The quantitative estimate of drug-likeness (QED) is 0.147. The Hall–Kier alpha value is -7.29. The summed E-state index contributed by atoms with van der Waals surface area (Å²) in [5, 5.41) is 22.4. The smallest absolute Gasteiger partial charge is 0.329 e. The molecular weight excluding hydrogens is 895 g/mol. The van der Waals surface area contributed by atoms with Crippen LogP contribution in [0.5, 0.6) is 0 Å². The van der Waals surface area contributed by atoms with E-state index in [-0.39, 0.29) is 52.9 Å². The molecule has 20 heteroatoms. The number of piperazine rings is 1. The van der Waals surface area contributed by atoms with Crippen LogP contribution in [-0.4, -0.2) is 137 Å². The number of rotatable bonds is 10. The van der Waals surface area contributed by atoms with Crippen LogP contribution in [-0.2, 0) is 25.6 Å². The molecule has 2 aliphatic carbocycles. The molecule has 2 saturated carbocycles. The number of nitrogens with one attached hydrogen (secondary N) is 3. The van der Waals surface area contributed by atoms with Gasteiger partial charge in [-0.15, -0.1) is 5.12 Å². The third-order valence-corrected chi connectivity index (χ3v) is 15.8. The molecule has 2 atom stereocenters. The van der Waals surface area contributed by atoms with E-state index in [2.05, 4.69) is 30.8 Å². The van der Waals surface area contributed by atoms with Crippen molar-refractivity contribution >= 4 is 63.9 Å². The fraction of sp³-hybridized carbons (Fsp3) is 0.420.